The topological polar surface area (TPSA) is 74.7 Å². The Morgan fingerprint density at radius 1 is 1.33 bits per heavy atom. The van der Waals surface area contributed by atoms with E-state index in [2.05, 4.69) is 51.0 Å². The summed E-state index contributed by atoms with van der Waals surface area (Å²) in [6.07, 6.45) is 2.57. The van der Waals surface area contributed by atoms with Gasteiger partial charge in [-0.05, 0) is 31.7 Å². The molecule has 0 unspecified atom stereocenters. The summed E-state index contributed by atoms with van der Waals surface area (Å²) < 4.78 is 0. The van der Waals surface area contributed by atoms with E-state index < -0.39 is 0 Å². The SMILES string of the molecule is CC(C)(C)CC(C)(C)Nc1nccc(C#N)c1N. The molecule has 0 amide bonds. The Morgan fingerprint density at radius 3 is 2.44 bits per heavy atom. The summed E-state index contributed by atoms with van der Waals surface area (Å²) in [5.41, 5.74) is 6.87. The number of nitrogen functional groups attached to an aromatic ring is 1. The first-order valence-corrected chi connectivity index (χ1v) is 6.07. The van der Waals surface area contributed by atoms with Gasteiger partial charge in [0.2, 0.25) is 0 Å². The third-order valence-corrected chi connectivity index (χ3v) is 2.54. The first kappa shape index (κ1) is 14.3. The minimum Gasteiger partial charge on any atom is -0.395 e. The summed E-state index contributed by atoms with van der Waals surface area (Å²) in [4.78, 5) is 4.21. The molecule has 0 fully saturated rings. The molecule has 0 aliphatic heterocycles. The predicted molar refractivity (Wildman–Crippen MR) is 75.1 cm³/mol. The fraction of sp³-hybridized carbons (Fsp3) is 0.571. The Kier molecular flexibility index (Phi) is 3.85. The molecule has 0 aromatic carbocycles. The fourth-order valence-electron chi connectivity index (χ4n) is 2.36. The highest BCUT2D eigenvalue weighted by molar-refractivity contribution is 5.69. The van der Waals surface area contributed by atoms with E-state index in [1.165, 1.54) is 0 Å². The van der Waals surface area contributed by atoms with Crippen LogP contribution < -0.4 is 11.1 Å². The minimum absolute atomic E-state index is 0.131. The second kappa shape index (κ2) is 4.85. The van der Waals surface area contributed by atoms with E-state index in [1.807, 2.05) is 0 Å². The van der Waals surface area contributed by atoms with Gasteiger partial charge in [0.15, 0.2) is 5.82 Å². The molecule has 0 saturated heterocycles. The quantitative estimate of drug-likeness (QED) is 0.859. The van der Waals surface area contributed by atoms with Crippen molar-refractivity contribution in [3.05, 3.63) is 17.8 Å². The zero-order valence-corrected chi connectivity index (χ0v) is 11.8. The Hall–Kier alpha value is -1.76. The molecule has 18 heavy (non-hydrogen) atoms. The number of anilines is 2. The lowest BCUT2D eigenvalue weighted by atomic mass is 9.82. The number of hydrogen-bond donors (Lipinski definition) is 2. The number of nitrogens with two attached hydrogens (primary N) is 1. The molecule has 3 N–H and O–H groups in total. The van der Waals surface area contributed by atoms with Crippen LogP contribution in [0.1, 0.15) is 46.6 Å². The molecule has 1 aromatic heterocycles. The molecule has 4 nitrogen and oxygen atoms in total. The van der Waals surface area contributed by atoms with E-state index in [-0.39, 0.29) is 11.0 Å². The van der Waals surface area contributed by atoms with Gasteiger partial charge in [0.1, 0.15) is 6.07 Å². The fourth-order valence-corrected chi connectivity index (χ4v) is 2.36. The highest BCUT2D eigenvalue weighted by Gasteiger charge is 2.26. The van der Waals surface area contributed by atoms with Crippen LogP contribution in [0.2, 0.25) is 0 Å². The molecule has 98 valence electrons. The van der Waals surface area contributed by atoms with Crippen molar-refractivity contribution in [2.24, 2.45) is 5.41 Å². The van der Waals surface area contributed by atoms with Crippen molar-refractivity contribution < 1.29 is 0 Å². The van der Waals surface area contributed by atoms with Crippen LogP contribution in [0, 0.1) is 16.7 Å². The molecule has 1 aromatic rings. The number of rotatable bonds is 3. The van der Waals surface area contributed by atoms with E-state index in [0.29, 0.717) is 17.1 Å². The van der Waals surface area contributed by atoms with Crippen LogP contribution in [0.5, 0.6) is 0 Å². The first-order chi connectivity index (χ1) is 8.14. The maximum Gasteiger partial charge on any atom is 0.150 e. The van der Waals surface area contributed by atoms with E-state index in [1.54, 1.807) is 12.3 Å². The van der Waals surface area contributed by atoms with Gasteiger partial charge < -0.3 is 11.1 Å². The summed E-state index contributed by atoms with van der Waals surface area (Å²) >= 11 is 0. The average Bonchev–Trinajstić information content (AvgIpc) is 2.17. The van der Waals surface area contributed by atoms with Gasteiger partial charge in [-0.3, -0.25) is 0 Å². The molecule has 1 rings (SSSR count). The molecule has 0 radical (unpaired) electrons. The normalized spacial score (nSPS) is 12.0. The van der Waals surface area contributed by atoms with Gasteiger partial charge in [-0.1, -0.05) is 20.8 Å². The summed E-state index contributed by atoms with van der Waals surface area (Å²) in [5.74, 6) is 0.586. The molecule has 0 aliphatic carbocycles. The zero-order valence-electron chi connectivity index (χ0n) is 11.8. The second-order valence-electron chi connectivity index (χ2n) is 6.48. The monoisotopic (exact) mass is 246 g/mol. The van der Waals surface area contributed by atoms with Crippen LogP contribution in [-0.2, 0) is 0 Å². The van der Waals surface area contributed by atoms with Crippen molar-refractivity contribution in [1.29, 1.82) is 5.26 Å². The Balaban J connectivity index is 2.95. The Morgan fingerprint density at radius 2 is 1.94 bits per heavy atom. The summed E-state index contributed by atoms with van der Waals surface area (Å²) in [6.45, 7) is 10.8. The van der Waals surface area contributed by atoms with Crippen LogP contribution >= 0.6 is 0 Å². The van der Waals surface area contributed by atoms with Gasteiger partial charge >= 0.3 is 0 Å². The molecule has 1 heterocycles. The highest BCUT2D eigenvalue weighted by Crippen LogP contribution is 2.31. The largest absolute Gasteiger partial charge is 0.395 e. The third kappa shape index (κ3) is 3.92. The van der Waals surface area contributed by atoms with Crippen LogP contribution in [0.4, 0.5) is 11.5 Å². The maximum absolute atomic E-state index is 8.94. The summed E-state index contributed by atoms with van der Waals surface area (Å²) in [5, 5.41) is 12.3. The Labute approximate surface area is 109 Å². The molecular weight excluding hydrogens is 224 g/mol. The first-order valence-electron chi connectivity index (χ1n) is 6.07. The number of nitrogens with one attached hydrogen (secondary N) is 1. The van der Waals surface area contributed by atoms with Crippen molar-refractivity contribution in [3.63, 3.8) is 0 Å². The third-order valence-electron chi connectivity index (χ3n) is 2.54. The minimum atomic E-state index is -0.131. The number of pyridine rings is 1. The summed E-state index contributed by atoms with van der Waals surface area (Å²) in [7, 11) is 0. The average molecular weight is 246 g/mol. The van der Waals surface area contributed by atoms with Crippen LogP contribution in [0.3, 0.4) is 0 Å². The maximum atomic E-state index is 8.94. The molecule has 0 bridgehead atoms. The second-order valence-corrected chi connectivity index (χ2v) is 6.48. The standard InChI is InChI=1S/C14H22N4/c1-13(2,3)9-14(4,5)18-12-11(16)10(8-15)6-7-17-12/h6-7H,9,16H2,1-5H3,(H,17,18). The molecule has 0 atom stereocenters. The van der Waals surface area contributed by atoms with Crippen LogP contribution in [-0.4, -0.2) is 10.5 Å². The number of hydrogen-bond acceptors (Lipinski definition) is 4. The predicted octanol–water partition coefficient (Wildman–Crippen LogP) is 3.16. The summed E-state index contributed by atoms with van der Waals surface area (Å²) in [6, 6.07) is 3.69. The van der Waals surface area contributed by atoms with Crippen molar-refractivity contribution in [2.45, 2.75) is 46.6 Å². The van der Waals surface area contributed by atoms with E-state index in [0.717, 1.165) is 6.42 Å². The van der Waals surface area contributed by atoms with Crippen molar-refractivity contribution in [1.82, 2.24) is 4.98 Å². The van der Waals surface area contributed by atoms with E-state index in [9.17, 15) is 0 Å². The van der Waals surface area contributed by atoms with Crippen molar-refractivity contribution >= 4 is 11.5 Å². The lowest BCUT2D eigenvalue weighted by molar-refractivity contribution is 0.302. The van der Waals surface area contributed by atoms with Gasteiger partial charge in [-0.25, -0.2) is 4.98 Å². The van der Waals surface area contributed by atoms with E-state index >= 15 is 0 Å². The molecule has 0 aliphatic rings. The molecule has 0 saturated carbocycles. The molecule has 0 spiro atoms. The van der Waals surface area contributed by atoms with Crippen molar-refractivity contribution in [2.75, 3.05) is 11.1 Å². The van der Waals surface area contributed by atoms with E-state index in [4.69, 9.17) is 11.0 Å². The zero-order chi connectivity index (χ0) is 14.0. The lowest BCUT2D eigenvalue weighted by Gasteiger charge is -2.34. The molecular formula is C14H22N4. The Bertz CT molecular complexity index is 464. The van der Waals surface area contributed by atoms with Gasteiger partial charge in [0.25, 0.3) is 0 Å². The van der Waals surface area contributed by atoms with Gasteiger partial charge in [-0.15, -0.1) is 0 Å². The van der Waals surface area contributed by atoms with Crippen LogP contribution in [0.15, 0.2) is 12.3 Å². The van der Waals surface area contributed by atoms with Crippen LogP contribution in [0.25, 0.3) is 0 Å². The molecule has 4 heteroatoms. The van der Waals surface area contributed by atoms with Gasteiger partial charge in [-0.2, -0.15) is 5.26 Å². The highest BCUT2D eigenvalue weighted by atomic mass is 15.1. The number of nitriles is 1. The lowest BCUT2D eigenvalue weighted by Crippen LogP contribution is -2.36. The number of nitrogens with zero attached hydrogens (tertiary/aromatic N) is 2. The van der Waals surface area contributed by atoms with Gasteiger partial charge in [0, 0.05) is 11.7 Å². The number of aromatic nitrogens is 1. The smallest absolute Gasteiger partial charge is 0.150 e. The van der Waals surface area contributed by atoms with Crippen molar-refractivity contribution in [3.8, 4) is 6.07 Å². The van der Waals surface area contributed by atoms with Gasteiger partial charge in [0.05, 0.1) is 11.3 Å².